The van der Waals surface area contributed by atoms with E-state index in [0.29, 0.717) is 11.7 Å². The van der Waals surface area contributed by atoms with Crippen molar-refractivity contribution in [3.63, 3.8) is 0 Å². The number of hydrogen-bond acceptors (Lipinski definition) is 3. The van der Waals surface area contributed by atoms with E-state index in [2.05, 4.69) is 28.6 Å². The molecule has 0 heterocycles. The summed E-state index contributed by atoms with van der Waals surface area (Å²) in [6, 6.07) is 7.70. The van der Waals surface area contributed by atoms with Gasteiger partial charge in [0.15, 0.2) is 0 Å². The number of rotatable bonds is 6. The molecule has 0 aliphatic rings. The van der Waals surface area contributed by atoms with Gasteiger partial charge < -0.3 is 5.32 Å². The monoisotopic (exact) mass is 257 g/mol. The van der Waals surface area contributed by atoms with E-state index in [9.17, 15) is 8.42 Å². The lowest BCUT2D eigenvalue weighted by Crippen LogP contribution is -2.26. The Balaban J connectivity index is 2.62. The molecule has 0 atom stereocenters. The van der Waals surface area contributed by atoms with E-state index in [0.717, 1.165) is 12.1 Å². The van der Waals surface area contributed by atoms with Crippen LogP contribution in [0.25, 0.3) is 0 Å². The van der Waals surface area contributed by atoms with Crippen LogP contribution in [0.5, 0.6) is 0 Å². The Morgan fingerprint density at radius 3 is 2.24 bits per heavy atom. The smallest absolute Gasteiger partial charge is 0.298 e. The second-order valence-electron chi connectivity index (χ2n) is 4.04. The molecule has 0 spiro atoms. The van der Waals surface area contributed by atoms with E-state index in [4.69, 9.17) is 0 Å². The molecule has 6 heteroatoms. The van der Waals surface area contributed by atoms with Gasteiger partial charge in [-0.1, -0.05) is 26.0 Å². The lowest BCUT2D eigenvalue weighted by molar-refractivity contribution is 0.589. The number of nitrogens with one attached hydrogen (secondary N) is 3. The molecule has 3 N–H and O–H groups in total. The molecular formula is C11H19N3O2S. The van der Waals surface area contributed by atoms with Crippen LogP contribution < -0.4 is 14.8 Å². The Bertz CT molecular complexity index is 440. The molecule has 0 aliphatic heterocycles. The van der Waals surface area contributed by atoms with Crippen molar-refractivity contribution in [2.24, 2.45) is 0 Å². The highest BCUT2D eigenvalue weighted by molar-refractivity contribution is 7.90. The fraction of sp³-hybridized carbons (Fsp3) is 0.455. The number of anilines is 1. The van der Waals surface area contributed by atoms with Crippen LogP contribution in [-0.4, -0.2) is 21.5 Å². The van der Waals surface area contributed by atoms with Crippen molar-refractivity contribution in [3.05, 3.63) is 29.8 Å². The zero-order valence-electron chi connectivity index (χ0n) is 10.3. The van der Waals surface area contributed by atoms with Gasteiger partial charge in [0, 0.05) is 25.3 Å². The largest absolute Gasteiger partial charge is 0.310 e. The fourth-order valence-corrected chi connectivity index (χ4v) is 1.77. The minimum absolute atomic E-state index is 0.428. The van der Waals surface area contributed by atoms with E-state index in [-0.39, 0.29) is 0 Å². The zero-order valence-corrected chi connectivity index (χ0v) is 11.1. The molecular weight excluding hydrogens is 238 g/mol. The Hall–Kier alpha value is -1.11. The third kappa shape index (κ3) is 5.16. The highest BCUT2D eigenvalue weighted by atomic mass is 32.2. The van der Waals surface area contributed by atoms with Crippen LogP contribution in [0.2, 0.25) is 0 Å². The third-order valence-corrected chi connectivity index (χ3v) is 3.23. The van der Waals surface area contributed by atoms with E-state index in [1.165, 1.54) is 7.05 Å². The fourth-order valence-electron chi connectivity index (χ4n) is 1.22. The highest BCUT2D eigenvalue weighted by Gasteiger charge is 2.05. The molecule has 0 saturated carbocycles. The van der Waals surface area contributed by atoms with Gasteiger partial charge in [-0.3, -0.25) is 4.72 Å². The van der Waals surface area contributed by atoms with Crippen LogP contribution in [0.1, 0.15) is 19.4 Å². The lowest BCUT2D eigenvalue weighted by atomic mass is 10.2. The van der Waals surface area contributed by atoms with Gasteiger partial charge in [-0.2, -0.15) is 8.42 Å². The summed E-state index contributed by atoms with van der Waals surface area (Å²) in [7, 11) is -2.06. The zero-order chi connectivity index (χ0) is 12.9. The van der Waals surface area contributed by atoms with Gasteiger partial charge in [0.1, 0.15) is 0 Å². The topological polar surface area (TPSA) is 70.2 Å². The SMILES string of the molecule is CNS(=O)(=O)Nc1ccc(CNC(C)C)cc1. The molecule has 0 bridgehead atoms. The summed E-state index contributed by atoms with van der Waals surface area (Å²) in [4.78, 5) is 0. The Kier molecular flexibility index (Phi) is 4.92. The van der Waals surface area contributed by atoms with Crippen molar-refractivity contribution in [1.29, 1.82) is 0 Å². The molecule has 5 nitrogen and oxygen atoms in total. The average Bonchev–Trinajstić information content (AvgIpc) is 2.28. The van der Waals surface area contributed by atoms with Gasteiger partial charge in [-0.25, -0.2) is 4.72 Å². The first-order chi connectivity index (χ1) is 7.93. The maximum absolute atomic E-state index is 11.2. The predicted octanol–water partition coefficient (Wildman–Crippen LogP) is 1.06. The van der Waals surface area contributed by atoms with Crippen molar-refractivity contribution >= 4 is 15.9 Å². The molecule has 1 aromatic carbocycles. The number of hydrogen-bond donors (Lipinski definition) is 3. The van der Waals surface area contributed by atoms with Crippen molar-refractivity contribution in [2.75, 3.05) is 11.8 Å². The van der Waals surface area contributed by atoms with Gasteiger partial charge in [0.25, 0.3) is 10.2 Å². The van der Waals surface area contributed by atoms with Crippen molar-refractivity contribution in [3.8, 4) is 0 Å². The van der Waals surface area contributed by atoms with E-state index >= 15 is 0 Å². The maximum atomic E-state index is 11.2. The van der Waals surface area contributed by atoms with Gasteiger partial charge in [-0.15, -0.1) is 0 Å². The highest BCUT2D eigenvalue weighted by Crippen LogP contribution is 2.10. The van der Waals surface area contributed by atoms with E-state index in [1.54, 1.807) is 12.1 Å². The molecule has 0 radical (unpaired) electrons. The van der Waals surface area contributed by atoms with Gasteiger partial charge >= 0.3 is 0 Å². The summed E-state index contributed by atoms with van der Waals surface area (Å²) in [5, 5.41) is 3.29. The lowest BCUT2D eigenvalue weighted by Gasteiger charge is -2.09. The normalized spacial score (nSPS) is 11.8. The quantitative estimate of drug-likeness (QED) is 0.713. The molecule has 96 valence electrons. The molecule has 1 rings (SSSR count). The standard InChI is InChI=1S/C11H19N3O2S/c1-9(2)13-8-10-4-6-11(7-5-10)14-17(15,16)12-3/h4-7,9,12-14H,8H2,1-3H3. The van der Waals surface area contributed by atoms with Crippen LogP contribution in [0.15, 0.2) is 24.3 Å². The van der Waals surface area contributed by atoms with E-state index < -0.39 is 10.2 Å². The first kappa shape index (κ1) is 14.0. The molecule has 1 aromatic rings. The van der Waals surface area contributed by atoms with Crippen LogP contribution in [0.3, 0.4) is 0 Å². The first-order valence-electron chi connectivity index (χ1n) is 5.46. The van der Waals surface area contributed by atoms with Crippen LogP contribution in [-0.2, 0) is 16.8 Å². The molecule has 0 saturated heterocycles. The van der Waals surface area contributed by atoms with Gasteiger partial charge in [-0.05, 0) is 17.7 Å². The summed E-state index contributed by atoms with van der Waals surface area (Å²) in [6.07, 6.45) is 0. The van der Waals surface area contributed by atoms with Crippen LogP contribution in [0.4, 0.5) is 5.69 Å². The molecule has 0 amide bonds. The maximum Gasteiger partial charge on any atom is 0.298 e. The van der Waals surface area contributed by atoms with Crippen molar-refractivity contribution in [1.82, 2.24) is 10.0 Å². The summed E-state index contributed by atoms with van der Waals surface area (Å²) in [5.74, 6) is 0. The van der Waals surface area contributed by atoms with Crippen LogP contribution in [0, 0.1) is 0 Å². The summed E-state index contributed by atoms with van der Waals surface area (Å²) >= 11 is 0. The summed E-state index contributed by atoms with van der Waals surface area (Å²) < 4.78 is 27.1. The minimum Gasteiger partial charge on any atom is -0.310 e. The van der Waals surface area contributed by atoms with Crippen molar-refractivity contribution < 1.29 is 8.42 Å². The molecule has 0 fully saturated rings. The van der Waals surface area contributed by atoms with Crippen molar-refractivity contribution in [2.45, 2.75) is 26.4 Å². The van der Waals surface area contributed by atoms with Gasteiger partial charge in [0.05, 0.1) is 0 Å². The third-order valence-electron chi connectivity index (χ3n) is 2.19. The van der Waals surface area contributed by atoms with Gasteiger partial charge in [0.2, 0.25) is 0 Å². The summed E-state index contributed by atoms with van der Waals surface area (Å²) in [6.45, 7) is 4.93. The average molecular weight is 257 g/mol. The number of benzene rings is 1. The second-order valence-corrected chi connectivity index (χ2v) is 5.66. The molecule has 0 aromatic heterocycles. The predicted molar refractivity (Wildman–Crippen MR) is 70.0 cm³/mol. The molecule has 0 unspecified atom stereocenters. The minimum atomic E-state index is -3.43. The summed E-state index contributed by atoms with van der Waals surface area (Å²) in [5.41, 5.74) is 1.67. The molecule has 0 aliphatic carbocycles. The Labute approximate surface area is 103 Å². The van der Waals surface area contributed by atoms with Crippen LogP contribution >= 0.6 is 0 Å². The first-order valence-corrected chi connectivity index (χ1v) is 6.95. The Morgan fingerprint density at radius 2 is 1.76 bits per heavy atom. The molecule has 17 heavy (non-hydrogen) atoms. The second kappa shape index (κ2) is 6.00. The van der Waals surface area contributed by atoms with E-state index in [1.807, 2.05) is 12.1 Å². The Morgan fingerprint density at radius 1 is 1.18 bits per heavy atom.